The normalized spacial score (nSPS) is 21.5. The average Bonchev–Trinajstić information content (AvgIpc) is 1.84. The minimum absolute atomic E-state index is 0.133. The van der Waals surface area contributed by atoms with E-state index in [0.717, 1.165) is 0 Å². The Morgan fingerprint density at radius 2 is 1.00 bits per heavy atom. The first kappa shape index (κ1) is 11.8. The van der Waals surface area contributed by atoms with Crippen molar-refractivity contribution in [1.29, 1.82) is 0 Å². The van der Waals surface area contributed by atoms with Crippen LogP contribution in [0.5, 0.6) is 0 Å². The summed E-state index contributed by atoms with van der Waals surface area (Å²) in [4.78, 5) is 0. The lowest BCUT2D eigenvalue weighted by Crippen LogP contribution is -2.31. The van der Waals surface area contributed by atoms with E-state index in [0.29, 0.717) is 0 Å². The molecule has 0 spiro atoms. The van der Waals surface area contributed by atoms with E-state index in [1.807, 2.05) is 0 Å². The van der Waals surface area contributed by atoms with Gasteiger partial charge in [-0.05, 0) is 13.8 Å². The van der Waals surface area contributed by atoms with Gasteiger partial charge in [0.05, 0.1) is 24.4 Å². The summed E-state index contributed by atoms with van der Waals surface area (Å²) in [7, 11) is 0. The van der Waals surface area contributed by atoms with Crippen LogP contribution in [0.4, 0.5) is 0 Å². The largest absolute Gasteiger partial charge is 0.393 e. The molecule has 0 aromatic heterocycles. The van der Waals surface area contributed by atoms with Crippen LogP contribution < -0.4 is 0 Å². The second kappa shape index (κ2) is 5.48. The van der Waals surface area contributed by atoms with E-state index in [-0.39, 0.29) is 12.8 Å². The highest BCUT2D eigenvalue weighted by Gasteiger charge is 2.19. The van der Waals surface area contributed by atoms with Gasteiger partial charge in [0.1, 0.15) is 0 Å². The molecule has 4 atom stereocenters. The lowest BCUT2D eigenvalue weighted by Gasteiger charge is -2.19. The molecule has 0 fully saturated rings. The lowest BCUT2D eigenvalue weighted by molar-refractivity contribution is -0.0292. The summed E-state index contributed by atoms with van der Waals surface area (Å²) in [5.74, 6) is 0. The van der Waals surface area contributed by atoms with Crippen molar-refractivity contribution in [2.24, 2.45) is 0 Å². The van der Waals surface area contributed by atoms with E-state index in [4.69, 9.17) is 10.2 Å². The maximum absolute atomic E-state index is 9.22. The summed E-state index contributed by atoms with van der Waals surface area (Å²) in [6, 6.07) is 0. The Hall–Kier alpha value is -0.160. The Kier molecular flexibility index (Phi) is 5.41. The average molecular weight is 178 g/mol. The maximum Gasteiger partial charge on any atom is 0.0824 e. The summed E-state index contributed by atoms with van der Waals surface area (Å²) in [6.07, 6.45) is -2.92. The van der Waals surface area contributed by atoms with E-state index in [9.17, 15) is 10.2 Å². The molecule has 0 aliphatic carbocycles. The smallest absolute Gasteiger partial charge is 0.0824 e. The second-order valence-corrected chi connectivity index (χ2v) is 3.30. The third-order valence-electron chi connectivity index (χ3n) is 1.61. The van der Waals surface area contributed by atoms with Crippen LogP contribution in [0, 0.1) is 0 Å². The molecule has 0 heterocycles. The van der Waals surface area contributed by atoms with Crippen LogP contribution in [-0.4, -0.2) is 44.8 Å². The van der Waals surface area contributed by atoms with E-state index in [2.05, 4.69) is 0 Å². The van der Waals surface area contributed by atoms with Crippen LogP contribution in [0.15, 0.2) is 0 Å². The van der Waals surface area contributed by atoms with Gasteiger partial charge in [-0.25, -0.2) is 0 Å². The maximum atomic E-state index is 9.22. The van der Waals surface area contributed by atoms with Crippen LogP contribution in [0.25, 0.3) is 0 Å². The lowest BCUT2D eigenvalue weighted by atomic mass is 10.0. The highest BCUT2D eigenvalue weighted by atomic mass is 16.3. The highest BCUT2D eigenvalue weighted by Crippen LogP contribution is 2.08. The molecule has 0 aromatic carbocycles. The van der Waals surface area contributed by atoms with Gasteiger partial charge in [-0.15, -0.1) is 0 Å². The first-order valence-electron chi connectivity index (χ1n) is 4.15. The third-order valence-corrected chi connectivity index (χ3v) is 1.61. The van der Waals surface area contributed by atoms with Crippen molar-refractivity contribution < 1.29 is 20.4 Å². The van der Waals surface area contributed by atoms with Gasteiger partial charge in [-0.3, -0.25) is 0 Å². The molecular weight excluding hydrogens is 160 g/mol. The molecule has 0 rings (SSSR count). The molecule has 4 nitrogen and oxygen atoms in total. The first-order chi connectivity index (χ1) is 5.43. The molecule has 0 amide bonds. The number of hydrogen-bond acceptors (Lipinski definition) is 4. The Morgan fingerprint density at radius 1 is 0.750 bits per heavy atom. The third kappa shape index (κ3) is 5.49. The molecule has 0 aliphatic rings. The molecule has 74 valence electrons. The minimum atomic E-state index is -0.959. The van der Waals surface area contributed by atoms with Crippen molar-refractivity contribution in [2.45, 2.75) is 51.1 Å². The Morgan fingerprint density at radius 3 is 1.17 bits per heavy atom. The highest BCUT2D eigenvalue weighted by molar-refractivity contribution is 4.71. The number of aliphatic hydroxyl groups is 4. The summed E-state index contributed by atoms with van der Waals surface area (Å²) in [5.41, 5.74) is 0. The molecule has 0 aliphatic heterocycles. The van der Waals surface area contributed by atoms with Gasteiger partial charge in [0, 0.05) is 12.8 Å². The van der Waals surface area contributed by atoms with E-state index < -0.39 is 24.4 Å². The van der Waals surface area contributed by atoms with Gasteiger partial charge in [0.2, 0.25) is 0 Å². The molecule has 0 saturated carbocycles. The van der Waals surface area contributed by atoms with Crippen LogP contribution in [0.3, 0.4) is 0 Å². The van der Waals surface area contributed by atoms with Gasteiger partial charge in [-0.2, -0.15) is 0 Å². The second-order valence-electron chi connectivity index (χ2n) is 3.30. The molecule has 0 bridgehead atoms. The summed E-state index contributed by atoms with van der Waals surface area (Å²) >= 11 is 0. The molecule has 4 N–H and O–H groups in total. The van der Waals surface area contributed by atoms with Gasteiger partial charge < -0.3 is 20.4 Å². The predicted molar refractivity (Wildman–Crippen MR) is 44.6 cm³/mol. The number of hydrogen-bond donors (Lipinski definition) is 4. The van der Waals surface area contributed by atoms with Gasteiger partial charge in [-0.1, -0.05) is 0 Å². The quantitative estimate of drug-likeness (QED) is 0.446. The zero-order valence-electron chi connectivity index (χ0n) is 7.51. The molecule has 4 unspecified atom stereocenters. The molecule has 0 aromatic rings. The van der Waals surface area contributed by atoms with Crippen molar-refractivity contribution in [1.82, 2.24) is 0 Å². The van der Waals surface area contributed by atoms with Crippen LogP contribution >= 0.6 is 0 Å². The molecule has 12 heavy (non-hydrogen) atoms. The van der Waals surface area contributed by atoms with E-state index >= 15 is 0 Å². The topological polar surface area (TPSA) is 80.9 Å². The van der Waals surface area contributed by atoms with Crippen LogP contribution in [0.1, 0.15) is 26.7 Å². The van der Waals surface area contributed by atoms with Crippen LogP contribution in [0.2, 0.25) is 0 Å². The van der Waals surface area contributed by atoms with Crippen molar-refractivity contribution in [3.63, 3.8) is 0 Å². The minimum Gasteiger partial charge on any atom is -0.393 e. The van der Waals surface area contributed by atoms with Gasteiger partial charge in [0.15, 0.2) is 0 Å². The first-order valence-corrected chi connectivity index (χ1v) is 4.15. The number of rotatable bonds is 5. The standard InChI is InChI=1S/C8H18O4/c1-5(9)3-7(11)8(12)4-6(2)10/h5-12H,3-4H2,1-2H3. The van der Waals surface area contributed by atoms with Crippen molar-refractivity contribution in [2.75, 3.05) is 0 Å². The fraction of sp³-hybridized carbons (Fsp3) is 1.00. The fourth-order valence-electron chi connectivity index (χ4n) is 1.01. The Labute approximate surface area is 72.5 Å². The molecule has 0 radical (unpaired) electrons. The summed E-state index contributed by atoms with van der Waals surface area (Å²) in [5, 5.41) is 36.2. The van der Waals surface area contributed by atoms with E-state index in [1.165, 1.54) is 13.8 Å². The van der Waals surface area contributed by atoms with E-state index in [1.54, 1.807) is 0 Å². The van der Waals surface area contributed by atoms with Crippen LogP contribution in [-0.2, 0) is 0 Å². The van der Waals surface area contributed by atoms with Gasteiger partial charge in [0.25, 0.3) is 0 Å². The van der Waals surface area contributed by atoms with Gasteiger partial charge >= 0.3 is 0 Å². The van der Waals surface area contributed by atoms with Crippen molar-refractivity contribution in [3.8, 4) is 0 Å². The van der Waals surface area contributed by atoms with Crippen molar-refractivity contribution in [3.05, 3.63) is 0 Å². The SMILES string of the molecule is CC(O)CC(O)C(O)CC(C)O. The summed E-state index contributed by atoms with van der Waals surface area (Å²) in [6.45, 7) is 3.08. The Balaban J connectivity index is 3.68. The molecular formula is C8H18O4. The zero-order valence-corrected chi connectivity index (χ0v) is 7.51. The monoisotopic (exact) mass is 178 g/mol. The predicted octanol–water partition coefficient (Wildman–Crippen LogP) is -0.750. The molecule has 0 saturated heterocycles. The zero-order chi connectivity index (χ0) is 9.72. The molecule has 4 heteroatoms. The fourth-order valence-corrected chi connectivity index (χ4v) is 1.01. The summed E-state index contributed by atoms with van der Waals surface area (Å²) < 4.78 is 0. The number of aliphatic hydroxyl groups excluding tert-OH is 4. The Bertz CT molecular complexity index is 99.6. The van der Waals surface area contributed by atoms with Crippen molar-refractivity contribution >= 4 is 0 Å².